The number of Topliss-reactive ketones (excluding diaryl/α,β-unsaturated/α-hetero) is 1. The smallest absolute Gasteiger partial charge is 0.300 e. The summed E-state index contributed by atoms with van der Waals surface area (Å²) in [5, 5.41) is 11.3. The first-order chi connectivity index (χ1) is 16.6. The highest BCUT2D eigenvalue weighted by Gasteiger charge is 2.47. The molecule has 0 bridgehead atoms. The van der Waals surface area contributed by atoms with E-state index in [2.05, 4.69) is 0 Å². The van der Waals surface area contributed by atoms with Gasteiger partial charge in [0.25, 0.3) is 11.7 Å². The highest BCUT2D eigenvalue weighted by atomic mass is 16.7. The number of carbonyl (C=O) groups excluding carboxylic acids is 2. The molecule has 0 saturated carbocycles. The molecule has 172 valence electrons. The molecule has 1 unspecified atom stereocenters. The van der Waals surface area contributed by atoms with Gasteiger partial charge in [0.2, 0.25) is 6.79 Å². The fraction of sp³-hybridized carbons (Fsp3) is 0.185. The summed E-state index contributed by atoms with van der Waals surface area (Å²) >= 11 is 0. The molecule has 1 N–H and O–H groups in total. The van der Waals surface area contributed by atoms with Gasteiger partial charge in [-0.3, -0.25) is 14.5 Å². The molecule has 2 aliphatic rings. The molecule has 34 heavy (non-hydrogen) atoms. The average molecular weight is 457 g/mol. The van der Waals surface area contributed by atoms with Gasteiger partial charge >= 0.3 is 0 Å². The zero-order chi connectivity index (χ0) is 23.7. The van der Waals surface area contributed by atoms with Crippen molar-refractivity contribution in [2.75, 3.05) is 18.3 Å². The first-order valence-electron chi connectivity index (χ1n) is 11.1. The van der Waals surface area contributed by atoms with Gasteiger partial charge in [-0.25, -0.2) is 0 Å². The SMILES string of the molecule is CCCOc1cccc(N2C(=O)C(=O)/C(=C(\O)c3ccc4c(c3)OCO4)C2c2ccccc2)c1. The van der Waals surface area contributed by atoms with Crippen LogP contribution in [0.15, 0.2) is 78.4 Å². The molecule has 7 heteroatoms. The van der Waals surface area contributed by atoms with Crippen molar-refractivity contribution in [3.63, 3.8) is 0 Å². The lowest BCUT2D eigenvalue weighted by molar-refractivity contribution is -0.132. The number of amides is 1. The van der Waals surface area contributed by atoms with Gasteiger partial charge in [0.05, 0.1) is 18.2 Å². The molecule has 2 heterocycles. The number of hydrogen-bond acceptors (Lipinski definition) is 6. The average Bonchev–Trinajstić information content (AvgIpc) is 3.45. The lowest BCUT2D eigenvalue weighted by Crippen LogP contribution is -2.29. The van der Waals surface area contributed by atoms with Crippen molar-refractivity contribution in [1.29, 1.82) is 0 Å². The fourth-order valence-corrected chi connectivity index (χ4v) is 4.19. The number of rotatable bonds is 6. The molecule has 3 aromatic rings. The van der Waals surface area contributed by atoms with Crippen molar-refractivity contribution in [3.8, 4) is 17.2 Å². The number of anilines is 1. The van der Waals surface area contributed by atoms with Gasteiger partial charge in [0, 0.05) is 17.3 Å². The van der Waals surface area contributed by atoms with Crippen molar-refractivity contribution >= 4 is 23.1 Å². The standard InChI is InChI=1S/C27H23NO6/c1-2-13-32-20-10-6-9-19(15-20)28-24(17-7-4-3-5-8-17)23(26(30)27(28)31)25(29)18-11-12-21-22(14-18)34-16-33-21/h3-12,14-15,24,29H,2,13,16H2,1H3/b25-23-. The first kappa shape index (κ1) is 21.6. The molecule has 5 rings (SSSR count). The van der Waals surface area contributed by atoms with E-state index in [1.807, 2.05) is 37.3 Å². The summed E-state index contributed by atoms with van der Waals surface area (Å²) < 4.78 is 16.5. The van der Waals surface area contributed by atoms with Crippen LogP contribution in [0.1, 0.15) is 30.5 Å². The van der Waals surface area contributed by atoms with Crippen molar-refractivity contribution in [2.45, 2.75) is 19.4 Å². The number of carbonyl (C=O) groups is 2. The Balaban J connectivity index is 1.64. The Morgan fingerprint density at radius 2 is 1.79 bits per heavy atom. The molecule has 2 aliphatic heterocycles. The molecule has 7 nitrogen and oxygen atoms in total. The summed E-state index contributed by atoms with van der Waals surface area (Å²) in [7, 11) is 0. The lowest BCUT2D eigenvalue weighted by Gasteiger charge is -2.25. The van der Waals surface area contributed by atoms with Crippen LogP contribution in [0.3, 0.4) is 0 Å². The van der Waals surface area contributed by atoms with Crippen molar-refractivity contribution < 1.29 is 28.9 Å². The third-order valence-corrected chi connectivity index (χ3v) is 5.77. The summed E-state index contributed by atoms with van der Waals surface area (Å²) in [6, 6.07) is 20.3. The fourth-order valence-electron chi connectivity index (χ4n) is 4.19. The van der Waals surface area contributed by atoms with Gasteiger partial charge < -0.3 is 19.3 Å². The highest BCUT2D eigenvalue weighted by molar-refractivity contribution is 6.51. The molecule has 0 spiro atoms. The van der Waals surface area contributed by atoms with Crippen LogP contribution >= 0.6 is 0 Å². The topological polar surface area (TPSA) is 85.3 Å². The maximum Gasteiger partial charge on any atom is 0.300 e. The van der Waals surface area contributed by atoms with Gasteiger partial charge in [-0.15, -0.1) is 0 Å². The number of ketones is 1. The van der Waals surface area contributed by atoms with E-state index in [0.29, 0.717) is 40.7 Å². The Labute approximate surface area is 196 Å². The van der Waals surface area contributed by atoms with Crippen LogP contribution in [-0.4, -0.2) is 30.2 Å². The minimum Gasteiger partial charge on any atom is -0.507 e. The van der Waals surface area contributed by atoms with Crippen LogP contribution in [0.4, 0.5) is 5.69 Å². The predicted octanol–water partition coefficient (Wildman–Crippen LogP) is 4.83. The molecule has 1 saturated heterocycles. The molecule has 1 amide bonds. The van der Waals surface area contributed by atoms with E-state index in [4.69, 9.17) is 14.2 Å². The van der Waals surface area contributed by atoms with Crippen molar-refractivity contribution in [2.24, 2.45) is 0 Å². The van der Waals surface area contributed by atoms with Crippen molar-refractivity contribution in [3.05, 3.63) is 89.5 Å². The lowest BCUT2D eigenvalue weighted by atomic mass is 9.95. The second-order valence-corrected chi connectivity index (χ2v) is 7.99. The van der Waals surface area contributed by atoms with E-state index in [0.717, 1.165) is 6.42 Å². The number of aliphatic hydroxyl groups excluding tert-OH is 1. The van der Waals surface area contributed by atoms with Gasteiger partial charge in [-0.05, 0) is 42.3 Å². The van der Waals surface area contributed by atoms with E-state index in [1.54, 1.807) is 42.5 Å². The van der Waals surface area contributed by atoms with Crippen LogP contribution in [-0.2, 0) is 9.59 Å². The van der Waals surface area contributed by atoms with Crippen molar-refractivity contribution in [1.82, 2.24) is 0 Å². The monoisotopic (exact) mass is 457 g/mol. The molecular formula is C27H23NO6. The summed E-state index contributed by atoms with van der Waals surface area (Å²) in [6.45, 7) is 2.63. The molecule has 0 aromatic heterocycles. The van der Waals surface area contributed by atoms with Gasteiger partial charge in [0.1, 0.15) is 11.5 Å². The normalized spacial score (nSPS) is 18.4. The molecule has 1 atom stereocenters. The van der Waals surface area contributed by atoms with E-state index >= 15 is 0 Å². The zero-order valence-electron chi connectivity index (χ0n) is 18.6. The number of fused-ring (bicyclic) bond motifs is 1. The largest absolute Gasteiger partial charge is 0.507 e. The number of nitrogens with zero attached hydrogens (tertiary/aromatic N) is 1. The highest BCUT2D eigenvalue weighted by Crippen LogP contribution is 2.43. The van der Waals surface area contributed by atoms with Gasteiger partial charge in [-0.2, -0.15) is 0 Å². The number of ether oxygens (including phenoxy) is 3. The Morgan fingerprint density at radius 3 is 2.59 bits per heavy atom. The van der Waals surface area contributed by atoms with Crippen LogP contribution in [0.2, 0.25) is 0 Å². The maximum atomic E-state index is 13.3. The zero-order valence-corrected chi connectivity index (χ0v) is 18.6. The molecule has 0 radical (unpaired) electrons. The molecule has 1 fully saturated rings. The van der Waals surface area contributed by atoms with Crippen LogP contribution in [0.25, 0.3) is 5.76 Å². The maximum absolute atomic E-state index is 13.3. The minimum atomic E-state index is -0.812. The third kappa shape index (κ3) is 3.75. The van der Waals surface area contributed by atoms with E-state index in [1.165, 1.54) is 4.90 Å². The summed E-state index contributed by atoms with van der Waals surface area (Å²) in [5.41, 5.74) is 1.58. The Bertz CT molecular complexity index is 1280. The number of aliphatic hydroxyl groups is 1. The number of benzene rings is 3. The van der Waals surface area contributed by atoms with E-state index in [-0.39, 0.29) is 18.1 Å². The van der Waals surface area contributed by atoms with E-state index < -0.39 is 17.7 Å². The second kappa shape index (κ2) is 8.94. The third-order valence-electron chi connectivity index (χ3n) is 5.77. The van der Waals surface area contributed by atoms with Crippen LogP contribution in [0.5, 0.6) is 17.2 Å². The predicted molar refractivity (Wildman–Crippen MR) is 126 cm³/mol. The second-order valence-electron chi connectivity index (χ2n) is 7.99. The molecule has 3 aromatic carbocycles. The molecular weight excluding hydrogens is 434 g/mol. The number of hydrogen-bond donors (Lipinski definition) is 1. The summed E-state index contributed by atoms with van der Waals surface area (Å²) in [5.74, 6) is -0.126. The summed E-state index contributed by atoms with van der Waals surface area (Å²) in [4.78, 5) is 28.0. The first-order valence-corrected chi connectivity index (χ1v) is 11.1. The van der Waals surface area contributed by atoms with Gasteiger partial charge in [0.15, 0.2) is 11.5 Å². The Morgan fingerprint density at radius 1 is 1.00 bits per heavy atom. The van der Waals surface area contributed by atoms with Crippen LogP contribution < -0.4 is 19.1 Å². The van der Waals surface area contributed by atoms with Crippen LogP contribution in [0, 0.1) is 0 Å². The molecule has 0 aliphatic carbocycles. The van der Waals surface area contributed by atoms with E-state index in [9.17, 15) is 14.7 Å². The Hall–Kier alpha value is -4.26. The Kier molecular flexibility index (Phi) is 5.67. The quantitative estimate of drug-likeness (QED) is 0.324. The van der Waals surface area contributed by atoms with Gasteiger partial charge in [-0.1, -0.05) is 43.3 Å². The minimum absolute atomic E-state index is 0.00921. The summed E-state index contributed by atoms with van der Waals surface area (Å²) in [6.07, 6.45) is 0.842.